The summed E-state index contributed by atoms with van der Waals surface area (Å²) in [5.41, 5.74) is 1.14. The predicted octanol–water partition coefficient (Wildman–Crippen LogP) is 1.08. The molecular weight excluding hydrogens is 338 g/mol. The summed E-state index contributed by atoms with van der Waals surface area (Å²) < 4.78 is 25.4. The van der Waals surface area contributed by atoms with Gasteiger partial charge in [0.25, 0.3) is 5.91 Å². The number of piperazine rings is 1. The molecule has 3 rings (SSSR count). The van der Waals surface area contributed by atoms with Crippen LogP contribution >= 0.6 is 12.4 Å². The van der Waals surface area contributed by atoms with E-state index in [1.807, 2.05) is 11.8 Å². The van der Waals surface area contributed by atoms with Gasteiger partial charge in [0, 0.05) is 37.8 Å². The van der Waals surface area contributed by atoms with Crippen LogP contribution in [-0.4, -0.2) is 57.2 Å². The molecule has 0 bridgehead atoms. The summed E-state index contributed by atoms with van der Waals surface area (Å²) in [6.45, 7) is 4.67. The van der Waals surface area contributed by atoms with Gasteiger partial charge in [-0.05, 0) is 31.5 Å². The molecule has 1 atom stereocenters. The molecule has 23 heavy (non-hydrogen) atoms. The van der Waals surface area contributed by atoms with Crippen LogP contribution in [0.4, 0.5) is 5.69 Å². The molecule has 0 spiro atoms. The van der Waals surface area contributed by atoms with Crippen LogP contribution < -0.4 is 9.62 Å². The Labute approximate surface area is 143 Å². The van der Waals surface area contributed by atoms with Crippen molar-refractivity contribution in [2.75, 3.05) is 36.2 Å². The van der Waals surface area contributed by atoms with E-state index in [2.05, 4.69) is 5.32 Å². The zero-order valence-electron chi connectivity index (χ0n) is 13.1. The highest BCUT2D eigenvalue weighted by atomic mass is 35.5. The number of carbonyl (C=O) groups is 1. The van der Waals surface area contributed by atoms with Gasteiger partial charge in [-0.3, -0.25) is 9.10 Å². The fourth-order valence-corrected chi connectivity index (χ4v) is 4.58. The Bertz CT molecular complexity index is 680. The molecule has 2 fully saturated rings. The van der Waals surface area contributed by atoms with Gasteiger partial charge in [0.15, 0.2) is 0 Å². The lowest BCUT2D eigenvalue weighted by Gasteiger charge is -2.32. The van der Waals surface area contributed by atoms with Crippen LogP contribution in [-0.2, 0) is 10.0 Å². The monoisotopic (exact) mass is 359 g/mol. The van der Waals surface area contributed by atoms with Gasteiger partial charge in [0.05, 0.1) is 11.4 Å². The standard InChI is InChI=1S/C15H21N3O3S.ClH/c1-12-11-17(8-6-16-12)15(19)13-4-2-5-14(10-13)18-7-3-9-22(18,20)21;/h2,4-5,10,12,16H,3,6-9,11H2,1H3;1H. The zero-order chi connectivity index (χ0) is 15.7. The van der Waals surface area contributed by atoms with Crippen LogP contribution in [0, 0.1) is 0 Å². The van der Waals surface area contributed by atoms with Crippen molar-refractivity contribution < 1.29 is 13.2 Å². The summed E-state index contributed by atoms with van der Waals surface area (Å²) in [6, 6.07) is 7.22. The van der Waals surface area contributed by atoms with Crippen molar-refractivity contribution in [1.29, 1.82) is 0 Å². The number of sulfonamides is 1. The number of nitrogens with zero attached hydrogens (tertiary/aromatic N) is 2. The average Bonchev–Trinajstić information content (AvgIpc) is 2.86. The second-order valence-corrected chi connectivity index (χ2v) is 7.91. The topological polar surface area (TPSA) is 69.7 Å². The quantitative estimate of drug-likeness (QED) is 0.858. The summed E-state index contributed by atoms with van der Waals surface area (Å²) >= 11 is 0. The first kappa shape index (κ1) is 18.0. The van der Waals surface area contributed by atoms with Crippen LogP contribution in [0.2, 0.25) is 0 Å². The first-order valence-corrected chi connectivity index (χ1v) is 9.21. The minimum Gasteiger partial charge on any atom is -0.336 e. The van der Waals surface area contributed by atoms with E-state index in [9.17, 15) is 13.2 Å². The number of halogens is 1. The number of hydrogen-bond acceptors (Lipinski definition) is 4. The highest BCUT2D eigenvalue weighted by Crippen LogP contribution is 2.25. The highest BCUT2D eigenvalue weighted by Gasteiger charge is 2.29. The van der Waals surface area contributed by atoms with E-state index in [1.165, 1.54) is 4.31 Å². The number of benzene rings is 1. The minimum absolute atomic E-state index is 0. The van der Waals surface area contributed by atoms with E-state index >= 15 is 0 Å². The third-order valence-electron chi connectivity index (χ3n) is 4.14. The largest absolute Gasteiger partial charge is 0.336 e. The molecular formula is C15H22ClN3O3S. The van der Waals surface area contributed by atoms with Crippen molar-refractivity contribution in [3.05, 3.63) is 29.8 Å². The number of nitrogens with one attached hydrogen (secondary N) is 1. The van der Waals surface area contributed by atoms with Gasteiger partial charge < -0.3 is 10.2 Å². The maximum Gasteiger partial charge on any atom is 0.254 e. The first-order valence-electron chi connectivity index (χ1n) is 7.60. The van der Waals surface area contributed by atoms with E-state index in [1.54, 1.807) is 24.3 Å². The summed E-state index contributed by atoms with van der Waals surface area (Å²) in [7, 11) is -3.22. The van der Waals surface area contributed by atoms with Crippen LogP contribution in [0.15, 0.2) is 24.3 Å². The van der Waals surface area contributed by atoms with Gasteiger partial charge >= 0.3 is 0 Å². The predicted molar refractivity (Wildman–Crippen MR) is 92.8 cm³/mol. The number of rotatable bonds is 2. The Kier molecular flexibility index (Phi) is 5.54. The Morgan fingerprint density at radius 2 is 2.09 bits per heavy atom. The molecule has 1 unspecified atom stereocenters. The van der Waals surface area contributed by atoms with E-state index in [0.29, 0.717) is 37.3 Å². The van der Waals surface area contributed by atoms with E-state index in [4.69, 9.17) is 0 Å². The highest BCUT2D eigenvalue weighted by molar-refractivity contribution is 7.93. The van der Waals surface area contributed by atoms with E-state index < -0.39 is 10.0 Å². The van der Waals surface area contributed by atoms with Crippen molar-refractivity contribution in [3.8, 4) is 0 Å². The van der Waals surface area contributed by atoms with Crippen molar-refractivity contribution in [1.82, 2.24) is 10.2 Å². The first-order chi connectivity index (χ1) is 10.5. The van der Waals surface area contributed by atoms with Crippen molar-refractivity contribution in [2.45, 2.75) is 19.4 Å². The summed E-state index contributed by atoms with van der Waals surface area (Å²) in [5, 5.41) is 3.30. The number of carbonyl (C=O) groups excluding carboxylic acids is 1. The minimum atomic E-state index is -3.22. The molecule has 0 aromatic heterocycles. The maximum absolute atomic E-state index is 12.6. The van der Waals surface area contributed by atoms with Crippen LogP contribution in [0.3, 0.4) is 0 Å². The third kappa shape index (κ3) is 3.79. The summed E-state index contributed by atoms with van der Waals surface area (Å²) in [5.74, 6) is 0.146. The lowest BCUT2D eigenvalue weighted by Crippen LogP contribution is -2.51. The Morgan fingerprint density at radius 3 is 2.74 bits per heavy atom. The molecule has 0 aliphatic carbocycles. The van der Waals surface area contributed by atoms with Crippen molar-refractivity contribution in [3.63, 3.8) is 0 Å². The average molecular weight is 360 g/mol. The molecule has 1 aromatic carbocycles. The SMILES string of the molecule is CC1CN(C(=O)c2cccc(N3CCCS3(=O)=O)c2)CCN1.Cl. The Balaban J connectivity index is 0.00000192. The number of hydrogen-bond donors (Lipinski definition) is 1. The van der Waals surface area contributed by atoms with Gasteiger partial charge in [-0.2, -0.15) is 0 Å². The smallest absolute Gasteiger partial charge is 0.254 e. The number of anilines is 1. The normalized spacial score (nSPS) is 23.4. The molecule has 1 N–H and O–H groups in total. The molecule has 2 aliphatic heterocycles. The van der Waals surface area contributed by atoms with E-state index in [0.717, 1.165) is 6.54 Å². The van der Waals surface area contributed by atoms with Gasteiger partial charge in [-0.1, -0.05) is 6.07 Å². The molecule has 2 aliphatic rings. The molecule has 6 nitrogen and oxygen atoms in total. The van der Waals surface area contributed by atoms with Gasteiger partial charge in [0.2, 0.25) is 10.0 Å². The number of amides is 1. The maximum atomic E-state index is 12.6. The molecule has 1 amide bonds. The van der Waals surface area contributed by atoms with Gasteiger partial charge in [-0.25, -0.2) is 8.42 Å². The molecule has 2 heterocycles. The molecule has 1 aromatic rings. The lowest BCUT2D eigenvalue weighted by molar-refractivity contribution is 0.0709. The second kappa shape index (κ2) is 7.07. The fraction of sp³-hybridized carbons (Fsp3) is 0.533. The molecule has 8 heteroatoms. The van der Waals surface area contributed by atoms with Crippen LogP contribution in [0.25, 0.3) is 0 Å². The Morgan fingerprint density at radius 1 is 1.30 bits per heavy atom. The van der Waals surface area contributed by atoms with Crippen LogP contribution in [0.1, 0.15) is 23.7 Å². The van der Waals surface area contributed by atoms with Gasteiger partial charge in [-0.15, -0.1) is 12.4 Å². The fourth-order valence-electron chi connectivity index (χ4n) is 3.02. The van der Waals surface area contributed by atoms with Crippen molar-refractivity contribution >= 4 is 34.0 Å². The van der Waals surface area contributed by atoms with E-state index in [-0.39, 0.29) is 30.1 Å². The third-order valence-corrected chi connectivity index (χ3v) is 6.01. The Hall–Kier alpha value is -1.31. The zero-order valence-corrected chi connectivity index (χ0v) is 14.7. The van der Waals surface area contributed by atoms with Crippen LogP contribution in [0.5, 0.6) is 0 Å². The second-order valence-electron chi connectivity index (χ2n) is 5.90. The molecule has 0 saturated carbocycles. The summed E-state index contributed by atoms with van der Waals surface area (Å²) in [4.78, 5) is 14.4. The van der Waals surface area contributed by atoms with Gasteiger partial charge in [0.1, 0.15) is 0 Å². The van der Waals surface area contributed by atoms with Crippen molar-refractivity contribution in [2.24, 2.45) is 0 Å². The lowest BCUT2D eigenvalue weighted by atomic mass is 10.1. The molecule has 128 valence electrons. The molecule has 0 radical (unpaired) electrons. The summed E-state index contributed by atoms with van der Waals surface area (Å²) in [6.07, 6.45) is 0.635. The molecule has 2 saturated heterocycles.